The zero-order chi connectivity index (χ0) is 10.2. The van der Waals surface area contributed by atoms with Crippen molar-refractivity contribution in [2.45, 2.75) is 0 Å². The number of phosphoric ester groups is 1. The Kier molecular flexibility index (Phi) is 2.11. The average molecular weight is 218 g/mol. The minimum absolute atomic E-state index is 0.0201. The molecule has 7 heteroatoms. The molecule has 0 aliphatic carbocycles. The monoisotopic (exact) mass is 218 g/mol. The normalized spacial score (nSPS) is 14.1. The largest absolute Gasteiger partial charge is 0.524 e. The van der Waals surface area contributed by atoms with Crippen LogP contribution < -0.4 is 14.0 Å². The summed E-state index contributed by atoms with van der Waals surface area (Å²) in [6, 6.07) is 4.57. The minimum Gasteiger partial charge on any atom is -0.453 e. The Hall–Kier alpha value is -1.23. The number of hydrogen-bond donors (Lipinski definition) is 2. The van der Waals surface area contributed by atoms with Crippen LogP contribution in [0.15, 0.2) is 18.2 Å². The fourth-order valence-corrected chi connectivity index (χ4v) is 1.50. The third-order valence-electron chi connectivity index (χ3n) is 1.58. The lowest BCUT2D eigenvalue weighted by atomic mass is 10.3. The second kappa shape index (κ2) is 3.16. The minimum atomic E-state index is -4.56. The molecule has 1 aliphatic rings. The maximum Gasteiger partial charge on any atom is 0.524 e. The lowest BCUT2D eigenvalue weighted by Crippen LogP contribution is -1.95. The van der Waals surface area contributed by atoms with E-state index in [1.165, 1.54) is 6.07 Å². The second-order valence-electron chi connectivity index (χ2n) is 2.57. The zero-order valence-electron chi connectivity index (χ0n) is 6.91. The van der Waals surface area contributed by atoms with Gasteiger partial charge in [-0.1, -0.05) is 6.07 Å². The van der Waals surface area contributed by atoms with Gasteiger partial charge in [-0.2, -0.15) is 0 Å². The molecule has 2 rings (SSSR count). The van der Waals surface area contributed by atoms with Crippen LogP contribution in [-0.2, 0) is 4.57 Å². The van der Waals surface area contributed by atoms with Crippen molar-refractivity contribution in [2.75, 3.05) is 6.79 Å². The van der Waals surface area contributed by atoms with Crippen LogP contribution in [0.5, 0.6) is 17.2 Å². The molecule has 0 unspecified atom stereocenters. The van der Waals surface area contributed by atoms with Gasteiger partial charge in [0.1, 0.15) is 0 Å². The molecule has 0 atom stereocenters. The summed E-state index contributed by atoms with van der Waals surface area (Å²) in [7, 11) is -4.56. The summed E-state index contributed by atoms with van der Waals surface area (Å²) in [6.45, 7) is 0.0247. The van der Waals surface area contributed by atoms with Crippen LogP contribution in [-0.4, -0.2) is 16.6 Å². The van der Waals surface area contributed by atoms with Gasteiger partial charge in [0.25, 0.3) is 0 Å². The van der Waals surface area contributed by atoms with Gasteiger partial charge in [0.2, 0.25) is 12.5 Å². The zero-order valence-corrected chi connectivity index (χ0v) is 7.81. The van der Waals surface area contributed by atoms with Crippen LogP contribution in [0, 0.1) is 0 Å². The summed E-state index contributed by atoms with van der Waals surface area (Å²) in [4.78, 5) is 17.2. The van der Waals surface area contributed by atoms with Crippen molar-refractivity contribution < 1.29 is 28.3 Å². The third kappa shape index (κ3) is 1.82. The van der Waals surface area contributed by atoms with Crippen molar-refractivity contribution in [1.29, 1.82) is 0 Å². The number of rotatable bonds is 2. The molecule has 0 aromatic heterocycles. The molecule has 1 aromatic rings. The van der Waals surface area contributed by atoms with E-state index in [9.17, 15) is 4.57 Å². The predicted molar refractivity (Wildman–Crippen MR) is 45.2 cm³/mol. The molecule has 1 heterocycles. The lowest BCUT2D eigenvalue weighted by Gasteiger charge is -2.08. The first-order valence-electron chi connectivity index (χ1n) is 3.70. The molecule has 0 saturated carbocycles. The Labute approximate surface area is 79.3 Å². The van der Waals surface area contributed by atoms with Crippen LogP contribution in [0.3, 0.4) is 0 Å². The molecule has 0 bridgehead atoms. The number of benzene rings is 1. The van der Waals surface area contributed by atoms with E-state index in [2.05, 4.69) is 4.52 Å². The highest BCUT2D eigenvalue weighted by atomic mass is 31.2. The van der Waals surface area contributed by atoms with Gasteiger partial charge >= 0.3 is 7.82 Å². The van der Waals surface area contributed by atoms with Crippen LogP contribution >= 0.6 is 7.82 Å². The van der Waals surface area contributed by atoms with Crippen molar-refractivity contribution in [3.8, 4) is 17.2 Å². The molecular weight excluding hydrogens is 211 g/mol. The standard InChI is InChI=1S/C7H7O6P/c8-14(9,10)13-6-3-1-2-5-7(6)12-4-11-5/h1-3H,4H2,(H2,8,9,10). The summed E-state index contributed by atoms with van der Waals surface area (Å²) < 4.78 is 25.0. The quantitative estimate of drug-likeness (QED) is 0.717. The molecule has 0 fully saturated rings. The molecule has 1 aliphatic heterocycles. The molecule has 14 heavy (non-hydrogen) atoms. The summed E-state index contributed by atoms with van der Waals surface area (Å²) in [6.07, 6.45) is 0. The van der Waals surface area contributed by atoms with Crippen LogP contribution in [0.25, 0.3) is 0 Å². The van der Waals surface area contributed by atoms with Gasteiger partial charge in [0, 0.05) is 0 Å². The number of para-hydroxylation sites is 1. The molecule has 2 N–H and O–H groups in total. The first kappa shape index (κ1) is 9.33. The van der Waals surface area contributed by atoms with Crippen molar-refractivity contribution in [3.63, 3.8) is 0 Å². The van der Waals surface area contributed by atoms with Crippen LogP contribution in [0.1, 0.15) is 0 Å². The lowest BCUT2D eigenvalue weighted by molar-refractivity contribution is 0.171. The number of phosphoric acid groups is 1. The molecule has 76 valence electrons. The first-order chi connectivity index (χ1) is 6.56. The van der Waals surface area contributed by atoms with Gasteiger partial charge in [-0.15, -0.1) is 0 Å². The molecule has 0 amide bonds. The van der Waals surface area contributed by atoms with Crippen molar-refractivity contribution in [1.82, 2.24) is 0 Å². The summed E-state index contributed by atoms with van der Waals surface area (Å²) in [5, 5.41) is 0. The van der Waals surface area contributed by atoms with Crippen LogP contribution in [0.4, 0.5) is 0 Å². The van der Waals surface area contributed by atoms with E-state index in [4.69, 9.17) is 19.3 Å². The van der Waals surface area contributed by atoms with E-state index >= 15 is 0 Å². The highest BCUT2D eigenvalue weighted by molar-refractivity contribution is 7.46. The Balaban J connectivity index is 2.35. The summed E-state index contributed by atoms with van der Waals surface area (Å²) >= 11 is 0. The average Bonchev–Trinajstić information content (AvgIpc) is 2.49. The van der Waals surface area contributed by atoms with Crippen LogP contribution in [0.2, 0.25) is 0 Å². The predicted octanol–water partition coefficient (Wildman–Crippen LogP) is 0.887. The van der Waals surface area contributed by atoms with E-state index in [0.29, 0.717) is 5.75 Å². The summed E-state index contributed by atoms with van der Waals surface area (Å²) in [5.74, 6) is 0.611. The highest BCUT2D eigenvalue weighted by Crippen LogP contribution is 2.47. The molecular formula is C7H7O6P. The van der Waals surface area contributed by atoms with Crippen molar-refractivity contribution >= 4 is 7.82 Å². The fraction of sp³-hybridized carbons (Fsp3) is 0.143. The Morgan fingerprint density at radius 1 is 1.36 bits per heavy atom. The molecule has 0 spiro atoms. The van der Waals surface area contributed by atoms with E-state index in [1.807, 2.05) is 0 Å². The molecule has 6 nitrogen and oxygen atoms in total. The first-order valence-corrected chi connectivity index (χ1v) is 5.23. The molecule has 1 aromatic carbocycles. The smallest absolute Gasteiger partial charge is 0.453 e. The molecule has 0 saturated heterocycles. The van der Waals surface area contributed by atoms with Gasteiger partial charge in [-0.3, -0.25) is 9.79 Å². The summed E-state index contributed by atoms with van der Waals surface area (Å²) in [5.41, 5.74) is 0. The van der Waals surface area contributed by atoms with E-state index < -0.39 is 7.82 Å². The number of fused-ring (bicyclic) bond motifs is 1. The second-order valence-corrected chi connectivity index (χ2v) is 3.74. The fourth-order valence-electron chi connectivity index (χ4n) is 1.10. The van der Waals surface area contributed by atoms with Gasteiger partial charge in [0.15, 0.2) is 11.5 Å². The van der Waals surface area contributed by atoms with Crippen molar-refractivity contribution in [3.05, 3.63) is 18.2 Å². The van der Waals surface area contributed by atoms with Gasteiger partial charge in [0.05, 0.1) is 0 Å². The van der Waals surface area contributed by atoms with Gasteiger partial charge in [-0.25, -0.2) is 4.57 Å². The number of hydrogen-bond acceptors (Lipinski definition) is 4. The van der Waals surface area contributed by atoms with E-state index in [-0.39, 0.29) is 18.3 Å². The Morgan fingerprint density at radius 2 is 2.14 bits per heavy atom. The Morgan fingerprint density at radius 3 is 2.86 bits per heavy atom. The van der Waals surface area contributed by atoms with E-state index in [0.717, 1.165) is 0 Å². The third-order valence-corrected chi connectivity index (χ3v) is 2.01. The van der Waals surface area contributed by atoms with Gasteiger partial charge < -0.3 is 14.0 Å². The number of ether oxygens (including phenoxy) is 2. The maximum absolute atomic E-state index is 10.6. The van der Waals surface area contributed by atoms with E-state index in [1.54, 1.807) is 12.1 Å². The topological polar surface area (TPSA) is 85.2 Å². The SMILES string of the molecule is O=P(O)(O)Oc1cccc2c1OCO2. The van der Waals surface area contributed by atoms with Crippen molar-refractivity contribution in [2.24, 2.45) is 0 Å². The maximum atomic E-state index is 10.6. The Bertz CT molecular complexity index is 397. The van der Waals surface area contributed by atoms with Gasteiger partial charge in [-0.05, 0) is 12.1 Å². The molecule has 0 radical (unpaired) electrons. The highest BCUT2D eigenvalue weighted by Gasteiger charge is 2.24.